The van der Waals surface area contributed by atoms with E-state index in [-0.39, 0.29) is 17.0 Å². The summed E-state index contributed by atoms with van der Waals surface area (Å²) >= 11 is 6.18. The van der Waals surface area contributed by atoms with Crippen molar-refractivity contribution in [2.75, 3.05) is 37.6 Å². The lowest BCUT2D eigenvalue weighted by Crippen LogP contribution is -2.57. The lowest BCUT2D eigenvalue weighted by molar-refractivity contribution is -0.137. The molecule has 2 aliphatic rings. The lowest BCUT2D eigenvalue weighted by atomic mass is 9.99. The van der Waals surface area contributed by atoms with Crippen LogP contribution in [0.15, 0.2) is 24.5 Å². The molecular weight excluding hydrogens is 467 g/mol. The Bertz CT molecular complexity index is 1040. The number of amides is 1. The van der Waals surface area contributed by atoms with Crippen LogP contribution in [0.2, 0.25) is 5.02 Å². The van der Waals surface area contributed by atoms with Crippen LogP contribution < -0.4 is 4.90 Å². The van der Waals surface area contributed by atoms with Gasteiger partial charge in [0.1, 0.15) is 5.82 Å². The molecule has 1 amide bonds. The maximum Gasteiger partial charge on any atom is 0.417 e. The summed E-state index contributed by atoms with van der Waals surface area (Å²) in [6, 6.07) is 3.23. The van der Waals surface area contributed by atoms with Gasteiger partial charge in [-0.25, -0.2) is 4.98 Å². The Morgan fingerprint density at radius 1 is 1.12 bits per heavy atom. The molecule has 0 aliphatic carbocycles. The highest BCUT2D eigenvalue weighted by Gasteiger charge is 2.35. The molecule has 2 aromatic rings. The molecule has 4 heterocycles. The average Bonchev–Trinajstić information content (AvgIpc) is 2.78. The highest BCUT2D eigenvalue weighted by Crippen LogP contribution is 2.35. The third kappa shape index (κ3) is 5.00. The SMILES string of the molecule is Cc1ccnc(C)c1C(=O)N1CCC(N2CCN(c3ncc(C(F)(F)F)cc3Cl)C(C)C2)CC1. The summed E-state index contributed by atoms with van der Waals surface area (Å²) in [5.41, 5.74) is 1.56. The Labute approximate surface area is 202 Å². The van der Waals surface area contributed by atoms with Gasteiger partial charge in [-0.2, -0.15) is 13.2 Å². The van der Waals surface area contributed by atoms with Crippen LogP contribution in [0.25, 0.3) is 0 Å². The summed E-state index contributed by atoms with van der Waals surface area (Å²) in [5, 5.41) is 0.0166. The first-order valence-electron chi connectivity index (χ1n) is 11.5. The van der Waals surface area contributed by atoms with Gasteiger partial charge in [0.05, 0.1) is 21.8 Å². The molecule has 34 heavy (non-hydrogen) atoms. The number of hydrogen-bond acceptors (Lipinski definition) is 5. The molecule has 0 saturated carbocycles. The fourth-order valence-electron chi connectivity index (χ4n) is 5.04. The predicted octanol–water partition coefficient (Wildman–Crippen LogP) is 4.58. The van der Waals surface area contributed by atoms with E-state index in [4.69, 9.17) is 11.6 Å². The highest BCUT2D eigenvalue weighted by molar-refractivity contribution is 6.33. The largest absolute Gasteiger partial charge is 0.417 e. The van der Waals surface area contributed by atoms with Crippen LogP contribution >= 0.6 is 11.6 Å². The first-order valence-corrected chi connectivity index (χ1v) is 11.9. The van der Waals surface area contributed by atoms with Crippen molar-refractivity contribution < 1.29 is 18.0 Å². The normalized spacial score (nSPS) is 20.6. The zero-order valence-electron chi connectivity index (χ0n) is 19.6. The van der Waals surface area contributed by atoms with Gasteiger partial charge in [0.25, 0.3) is 5.91 Å². The van der Waals surface area contributed by atoms with Crippen molar-refractivity contribution in [3.63, 3.8) is 0 Å². The summed E-state index contributed by atoms with van der Waals surface area (Å²) in [5.74, 6) is 0.437. The molecule has 4 rings (SSSR count). The number of aromatic nitrogens is 2. The summed E-state index contributed by atoms with van der Waals surface area (Å²) in [7, 11) is 0. The van der Waals surface area contributed by atoms with Crippen LogP contribution in [0.5, 0.6) is 0 Å². The van der Waals surface area contributed by atoms with E-state index < -0.39 is 11.7 Å². The third-order valence-electron chi connectivity index (χ3n) is 6.91. The average molecular weight is 496 g/mol. The second-order valence-corrected chi connectivity index (χ2v) is 9.58. The van der Waals surface area contributed by atoms with Crippen LogP contribution in [0.3, 0.4) is 0 Å². The minimum absolute atomic E-state index is 0.0166. The Hall–Kier alpha value is -2.39. The maximum absolute atomic E-state index is 13.1. The maximum atomic E-state index is 13.1. The number of piperidine rings is 1. The number of rotatable bonds is 3. The van der Waals surface area contributed by atoms with Crippen LogP contribution in [-0.4, -0.2) is 70.5 Å². The van der Waals surface area contributed by atoms with Gasteiger partial charge in [-0.05, 0) is 51.3 Å². The fourth-order valence-corrected chi connectivity index (χ4v) is 5.31. The first-order chi connectivity index (χ1) is 16.1. The molecule has 2 saturated heterocycles. The monoisotopic (exact) mass is 495 g/mol. The number of alkyl halides is 3. The van der Waals surface area contributed by atoms with Crippen LogP contribution in [0.1, 0.15) is 46.9 Å². The molecule has 0 spiro atoms. The summed E-state index contributed by atoms with van der Waals surface area (Å²) in [6.07, 6.45) is -0.128. The number of anilines is 1. The molecule has 6 nitrogen and oxygen atoms in total. The van der Waals surface area contributed by atoms with Crippen molar-refractivity contribution in [3.05, 3.63) is 51.9 Å². The number of piperazine rings is 1. The van der Waals surface area contributed by atoms with Crippen LogP contribution in [-0.2, 0) is 6.18 Å². The van der Waals surface area contributed by atoms with E-state index >= 15 is 0 Å². The topological polar surface area (TPSA) is 52.6 Å². The summed E-state index contributed by atoms with van der Waals surface area (Å²) in [6.45, 7) is 9.39. The predicted molar refractivity (Wildman–Crippen MR) is 125 cm³/mol. The Kier molecular flexibility index (Phi) is 7.05. The second-order valence-electron chi connectivity index (χ2n) is 9.18. The van der Waals surface area contributed by atoms with E-state index in [1.807, 2.05) is 36.6 Å². The molecule has 0 bridgehead atoms. The van der Waals surface area contributed by atoms with Crippen LogP contribution in [0, 0.1) is 13.8 Å². The smallest absolute Gasteiger partial charge is 0.350 e. The van der Waals surface area contributed by atoms with E-state index in [0.717, 1.165) is 49.5 Å². The molecular formula is C24H29ClF3N5O. The summed E-state index contributed by atoms with van der Waals surface area (Å²) < 4.78 is 38.8. The highest BCUT2D eigenvalue weighted by atomic mass is 35.5. The van der Waals surface area contributed by atoms with Gasteiger partial charge in [0.2, 0.25) is 0 Å². The standard InChI is InChI=1S/C24H29ClF3N5O/c1-15-4-7-29-17(3)21(15)23(34)31-8-5-19(6-9-31)32-10-11-33(16(2)14-32)22-20(25)12-18(13-30-22)24(26,27)28/h4,7,12-13,16,19H,5-6,8-11,14H2,1-3H3. The van der Waals surface area contributed by atoms with E-state index in [1.165, 1.54) is 0 Å². The molecule has 2 aromatic heterocycles. The molecule has 0 N–H and O–H groups in total. The van der Waals surface area contributed by atoms with Gasteiger partial charge >= 0.3 is 6.18 Å². The lowest BCUT2D eigenvalue weighted by Gasteiger charge is -2.46. The Morgan fingerprint density at radius 3 is 2.41 bits per heavy atom. The van der Waals surface area contributed by atoms with Gasteiger partial charge in [-0.15, -0.1) is 0 Å². The fraction of sp³-hybridized carbons (Fsp3) is 0.542. The zero-order chi connectivity index (χ0) is 24.6. The number of aryl methyl sites for hydroxylation is 2. The van der Waals surface area contributed by atoms with Crippen molar-refractivity contribution in [1.29, 1.82) is 0 Å². The third-order valence-corrected chi connectivity index (χ3v) is 7.19. The molecule has 184 valence electrons. The first kappa shape index (κ1) is 24.7. The molecule has 10 heteroatoms. The van der Waals surface area contributed by atoms with Gasteiger partial charge in [-0.3, -0.25) is 14.7 Å². The Morgan fingerprint density at radius 2 is 1.82 bits per heavy atom. The minimum Gasteiger partial charge on any atom is -0.350 e. The van der Waals surface area contributed by atoms with E-state index in [9.17, 15) is 18.0 Å². The van der Waals surface area contributed by atoms with Crippen molar-refractivity contribution in [1.82, 2.24) is 19.8 Å². The number of halogens is 4. The summed E-state index contributed by atoms with van der Waals surface area (Å²) in [4.78, 5) is 27.7. The van der Waals surface area contributed by atoms with Crippen molar-refractivity contribution >= 4 is 23.3 Å². The number of hydrogen-bond donors (Lipinski definition) is 0. The molecule has 2 fully saturated rings. The minimum atomic E-state index is -4.47. The zero-order valence-corrected chi connectivity index (χ0v) is 20.3. The van der Waals surface area contributed by atoms with Gasteiger partial charge in [0.15, 0.2) is 0 Å². The van der Waals surface area contributed by atoms with E-state index in [1.54, 1.807) is 6.20 Å². The molecule has 0 radical (unpaired) electrons. The van der Waals surface area contributed by atoms with Gasteiger partial charge < -0.3 is 9.80 Å². The van der Waals surface area contributed by atoms with Gasteiger partial charge in [-0.1, -0.05) is 11.6 Å². The number of carbonyl (C=O) groups is 1. The quantitative estimate of drug-likeness (QED) is 0.624. The second kappa shape index (κ2) is 9.70. The van der Waals surface area contributed by atoms with E-state index in [2.05, 4.69) is 14.9 Å². The van der Waals surface area contributed by atoms with Gasteiger partial charge in [0, 0.05) is 57.2 Å². The molecule has 1 unspecified atom stereocenters. The molecule has 1 atom stereocenters. The number of carbonyl (C=O) groups excluding carboxylic acids is 1. The van der Waals surface area contributed by atoms with Crippen molar-refractivity contribution in [2.24, 2.45) is 0 Å². The number of nitrogens with zero attached hydrogens (tertiary/aromatic N) is 5. The van der Waals surface area contributed by atoms with Crippen molar-refractivity contribution in [3.8, 4) is 0 Å². The number of likely N-dealkylation sites (tertiary alicyclic amines) is 1. The van der Waals surface area contributed by atoms with Crippen molar-refractivity contribution in [2.45, 2.75) is 51.9 Å². The van der Waals surface area contributed by atoms with Crippen LogP contribution in [0.4, 0.5) is 19.0 Å². The number of pyridine rings is 2. The Balaban J connectivity index is 1.36. The molecule has 2 aliphatic heterocycles. The van der Waals surface area contributed by atoms with E-state index in [0.29, 0.717) is 37.1 Å². The molecule has 0 aromatic carbocycles.